The smallest absolute Gasteiger partial charge is 0.293 e. The molecule has 1 amide bonds. The number of benzene rings is 2. The minimum Gasteiger partial charge on any atom is -0.366 e. The van der Waals surface area contributed by atoms with E-state index in [2.05, 4.69) is 5.32 Å². The van der Waals surface area contributed by atoms with Gasteiger partial charge in [0.25, 0.3) is 11.6 Å². The van der Waals surface area contributed by atoms with Crippen molar-refractivity contribution in [3.05, 3.63) is 69.8 Å². The van der Waals surface area contributed by atoms with Crippen LogP contribution in [0.4, 0.5) is 11.4 Å². The van der Waals surface area contributed by atoms with Crippen molar-refractivity contribution < 1.29 is 14.6 Å². The first-order valence-electron chi connectivity index (χ1n) is 10.1. The minimum atomic E-state index is -0.391. The van der Waals surface area contributed by atoms with Gasteiger partial charge in [0.2, 0.25) is 0 Å². The molecule has 1 heterocycles. The Balaban J connectivity index is 1.74. The lowest BCUT2D eigenvalue weighted by Crippen LogP contribution is -3.07. The molecule has 2 N–H and O–H groups in total. The first-order valence-corrected chi connectivity index (χ1v) is 10.1. The summed E-state index contributed by atoms with van der Waals surface area (Å²) in [5.74, 6) is -0.291. The van der Waals surface area contributed by atoms with Crippen LogP contribution in [-0.4, -0.2) is 44.6 Å². The largest absolute Gasteiger partial charge is 0.366 e. The van der Waals surface area contributed by atoms with Crippen LogP contribution in [0.3, 0.4) is 0 Å². The number of likely N-dealkylation sites (N-methyl/N-ethyl adjacent to an activating group) is 1. The number of rotatable bonds is 7. The number of nitrogens with zero attached hydrogens (tertiary/aromatic N) is 2. The van der Waals surface area contributed by atoms with E-state index in [1.165, 1.54) is 11.0 Å². The molecule has 0 saturated carbocycles. The van der Waals surface area contributed by atoms with Gasteiger partial charge in [0.05, 0.1) is 25.6 Å². The number of amides is 1. The second-order valence-corrected chi connectivity index (χ2v) is 7.76. The van der Waals surface area contributed by atoms with Gasteiger partial charge in [-0.05, 0) is 31.4 Å². The van der Waals surface area contributed by atoms with Crippen LogP contribution in [0.25, 0.3) is 0 Å². The SMILES string of the molecule is C[NH+](C)[C@@H](CNC(=O)c1ccc(N2CCCCC2)c([N+](=O)[O-])c1)c1ccccc1. The number of piperidine rings is 1. The highest BCUT2D eigenvalue weighted by atomic mass is 16.6. The van der Waals surface area contributed by atoms with Crippen molar-refractivity contribution in [1.29, 1.82) is 0 Å². The van der Waals surface area contributed by atoms with E-state index in [1.807, 2.05) is 49.3 Å². The highest BCUT2D eigenvalue weighted by molar-refractivity contribution is 5.95. The fourth-order valence-corrected chi connectivity index (χ4v) is 3.85. The number of quaternary nitrogens is 1. The number of hydrogen-bond donors (Lipinski definition) is 2. The summed E-state index contributed by atoms with van der Waals surface area (Å²) in [5, 5.41) is 14.6. The maximum Gasteiger partial charge on any atom is 0.293 e. The van der Waals surface area contributed by atoms with Crippen molar-refractivity contribution >= 4 is 17.3 Å². The quantitative estimate of drug-likeness (QED) is 0.555. The number of nitro benzene ring substituents is 1. The van der Waals surface area contributed by atoms with Crippen molar-refractivity contribution in [1.82, 2.24) is 5.32 Å². The lowest BCUT2D eigenvalue weighted by atomic mass is 10.1. The number of hydrogen-bond acceptors (Lipinski definition) is 4. The normalized spacial score (nSPS) is 15.2. The summed E-state index contributed by atoms with van der Waals surface area (Å²) >= 11 is 0. The predicted molar refractivity (Wildman–Crippen MR) is 113 cm³/mol. The van der Waals surface area contributed by atoms with Gasteiger partial charge in [-0.25, -0.2) is 0 Å². The Morgan fingerprint density at radius 2 is 1.83 bits per heavy atom. The summed E-state index contributed by atoms with van der Waals surface area (Å²) in [6, 6.07) is 14.9. The van der Waals surface area contributed by atoms with E-state index in [-0.39, 0.29) is 17.6 Å². The zero-order chi connectivity index (χ0) is 20.8. The fraction of sp³-hybridized carbons (Fsp3) is 0.409. The van der Waals surface area contributed by atoms with Crippen molar-refractivity contribution in [3.63, 3.8) is 0 Å². The zero-order valence-electron chi connectivity index (χ0n) is 17.1. The van der Waals surface area contributed by atoms with Gasteiger partial charge < -0.3 is 15.1 Å². The van der Waals surface area contributed by atoms with Crippen molar-refractivity contribution in [2.75, 3.05) is 38.6 Å². The van der Waals surface area contributed by atoms with E-state index in [4.69, 9.17) is 0 Å². The monoisotopic (exact) mass is 397 g/mol. The Bertz CT molecular complexity index is 848. The molecule has 3 rings (SSSR count). The van der Waals surface area contributed by atoms with Gasteiger partial charge in [-0.3, -0.25) is 14.9 Å². The summed E-state index contributed by atoms with van der Waals surface area (Å²) in [7, 11) is 4.09. The average molecular weight is 397 g/mol. The van der Waals surface area contributed by atoms with Crippen molar-refractivity contribution in [2.45, 2.75) is 25.3 Å². The van der Waals surface area contributed by atoms with E-state index in [1.54, 1.807) is 12.1 Å². The van der Waals surface area contributed by atoms with Crippen molar-refractivity contribution in [3.8, 4) is 0 Å². The fourth-order valence-electron chi connectivity index (χ4n) is 3.85. The molecule has 0 radical (unpaired) electrons. The van der Waals surface area contributed by atoms with Gasteiger partial charge in [0.1, 0.15) is 11.7 Å². The van der Waals surface area contributed by atoms with Gasteiger partial charge in [-0.2, -0.15) is 0 Å². The molecule has 7 nitrogen and oxygen atoms in total. The molecule has 1 aliphatic heterocycles. The van der Waals surface area contributed by atoms with E-state index in [9.17, 15) is 14.9 Å². The summed E-state index contributed by atoms with van der Waals surface area (Å²) in [4.78, 5) is 27.2. The van der Waals surface area contributed by atoms with Crippen LogP contribution < -0.4 is 15.1 Å². The topological polar surface area (TPSA) is 79.9 Å². The number of carbonyl (C=O) groups is 1. The molecular formula is C22H29N4O3+. The summed E-state index contributed by atoms with van der Waals surface area (Å²) in [5.41, 5.74) is 2.06. The van der Waals surface area contributed by atoms with Crippen LogP contribution in [0.15, 0.2) is 48.5 Å². The van der Waals surface area contributed by atoms with Crippen LogP contribution in [-0.2, 0) is 0 Å². The van der Waals surface area contributed by atoms with E-state index < -0.39 is 4.92 Å². The maximum atomic E-state index is 12.7. The number of anilines is 1. The molecule has 7 heteroatoms. The third kappa shape index (κ3) is 5.12. The standard InChI is InChI=1S/C22H28N4O3/c1-24(2)21(17-9-5-3-6-10-17)16-23-22(27)18-11-12-19(20(15-18)26(28)29)25-13-7-4-8-14-25/h3,5-6,9-12,15,21H,4,7-8,13-14,16H2,1-2H3,(H,23,27)/p+1/t21-/m0/s1. The Morgan fingerprint density at radius 1 is 1.14 bits per heavy atom. The molecule has 0 unspecified atom stereocenters. The van der Waals surface area contributed by atoms with E-state index in [0.29, 0.717) is 17.8 Å². The highest BCUT2D eigenvalue weighted by Crippen LogP contribution is 2.31. The molecule has 29 heavy (non-hydrogen) atoms. The Hall–Kier alpha value is -2.93. The first kappa shape index (κ1) is 20.8. The van der Waals surface area contributed by atoms with Crippen LogP contribution in [0.2, 0.25) is 0 Å². The van der Waals surface area contributed by atoms with Gasteiger partial charge in [0, 0.05) is 30.3 Å². The predicted octanol–water partition coefficient (Wildman–Crippen LogP) is 2.20. The van der Waals surface area contributed by atoms with E-state index in [0.717, 1.165) is 37.9 Å². The highest BCUT2D eigenvalue weighted by Gasteiger charge is 2.24. The molecule has 1 atom stereocenters. The van der Waals surface area contributed by atoms with Gasteiger partial charge >= 0.3 is 0 Å². The molecular weight excluding hydrogens is 368 g/mol. The third-order valence-corrected chi connectivity index (χ3v) is 5.50. The zero-order valence-corrected chi connectivity index (χ0v) is 17.1. The molecule has 0 aromatic heterocycles. The molecule has 2 aromatic rings. The molecule has 0 spiro atoms. The van der Waals surface area contributed by atoms with Gasteiger partial charge in [0.15, 0.2) is 0 Å². The summed E-state index contributed by atoms with van der Waals surface area (Å²) in [6.45, 7) is 2.08. The Kier molecular flexibility index (Phi) is 6.82. The van der Waals surface area contributed by atoms with Crippen LogP contribution in [0, 0.1) is 10.1 Å². The molecule has 1 saturated heterocycles. The Morgan fingerprint density at radius 3 is 2.45 bits per heavy atom. The lowest BCUT2D eigenvalue weighted by Gasteiger charge is -2.28. The number of nitro groups is 1. The average Bonchev–Trinajstić information content (AvgIpc) is 2.74. The molecule has 0 bridgehead atoms. The lowest BCUT2D eigenvalue weighted by molar-refractivity contribution is -0.890. The third-order valence-electron chi connectivity index (χ3n) is 5.50. The second-order valence-electron chi connectivity index (χ2n) is 7.76. The molecule has 0 aliphatic carbocycles. The Labute approximate surface area is 171 Å². The van der Waals surface area contributed by atoms with E-state index >= 15 is 0 Å². The number of nitrogens with one attached hydrogen (secondary N) is 2. The number of carbonyl (C=O) groups excluding carboxylic acids is 1. The van der Waals surface area contributed by atoms with Crippen LogP contribution >= 0.6 is 0 Å². The second kappa shape index (κ2) is 9.52. The van der Waals surface area contributed by atoms with Crippen LogP contribution in [0.1, 0.15) is 41.2 Å². The molecule has 1 fully saturated rings. The first-order chi connectivity index (χ1) is 14.0. The molecule has 2 aromatic carbocycles. The maximum absolute atomic E-state index is 12.7. The minimum absolute atomic E-state index is 0.00241. The van der Waals surface area contributed by atoms with Crippen molar-refractivity contribution in [2.24, 2.45) is 0 Å². The molecule has 154 valence electrons. The summed E-state index contributed by atoms with van der Waals surface area (Å²) < 4.78 is 0. The molecule has 1 aliphatic rings. The van der Waals surface area contributed by atoms with Gasteiger partial charge in [-0.1, -0.05) is 30.3 Å². The van der Waals surface area contributed by atoms with Gasteiger partial charge in [-0.15, -0.1) is 0 Å². The van der Waals surface area contributed by atoms with Crippen LogP contribution in [0.5, 0.6) is 0 Å². The summed E-state index contributed by atoms with van der Waals surface area (Å²) in [6.07, 6.45) is 3.22.